The lowest BCUT2D eigenvalue weighted by Crippen LogP contribution is -2.19. The lowest BCUT2D eigenvalue weighted by Gasteiger charge is -1.99. The molecule has 1 aromatic heterocycles. The first-order valence-electron chi connectivity index (χ1n) is 5.58. The van der Waals surface area contributed by atoms with E-state index in [9.17, 15) is 4.79 Å². The van der Waals surface area contributed by atoms with Crippen molar-refractivity contribution in [2.45, 2.75) is 5.16 Å². The number of aryl methyl sites for hydroxylation is 1. The average Bonchev–Trinajstić information content (AvgIpc) is 2.84. The Morgan fingerprint density at radius 2 is 2.25 bits per heavy atom. The molecule has 1 aromatic carbocycles. The summed E-state index contributed by atoms with van der Waals surface area (Å²) in [7, 11) is 1.71. The molecule has 0 aliphatic rings. The van der Waals surface area contributed by atoms with E-state index in [-0.39, 0.29) is 11.7 Å². The van der Waals surface area contributed by atoms with Gasteiger partial charge in [0.2, 0.25) is 5.16 Å². The smallest absolute Gasteiger partial charge is 0.250 e. The Balaban J connectivity index is 1.77. The fourth-order valence-corrected chi connectivity index (χ4v) is 2.14. The van der Waals surface area contributed by atoms with Gasteiger partial charge in [-0.1, -0.05) is 39.8 Å². The minimum Gasteiger partial charge on any atom is -0.272 e. The summed E-state index contributed by atoms with van der Waals surface area (Å²) in [6.45, 7) is 0. The van der Waals surface area contributed by atoms with E-state index in [1.54, 1.807) is 13.3 Å². The van der Waals surface area contributed by atoms with E-state index in [2.05, 4.69) is 42.0 Å². The molecule has 20 heavy (non-hydrogen) atoms. The first kappa shape index (κ1) is 14.7. The fraction of sp³-hybridized carbons (Fsp3) is 0.182. The summed E-state index contributed by atoms with van der Waals surface area (Å²) in [5, 5.41) is 15.4. The summed E-state index contributed by atoms with van der Waals surface area (Å²) in [5.74, 6) is -0.0160. The maximum Gasteiger partial charge on any atom is 0.250 e. The summed E-state index contributed by atoms with van der Waals surface area (Å²) in [4.78, 5) is 11.6. The molecule has 0 saturated carbocycles. The van der Waals surface area contributed by atoms with E-state index < -0.39 is 0 Å². The zero-order valence-electron chi connectivity index (χ0n) is 10.5. The van der Waals surface area contributed by atoms with E-state index >= 15 is 0 Å². The molecule has 9 heteroatoms. The van der Waals surface area contributed by atoms with Crippen molar-refractivity contribution < 1.29 is 4.79 Å². The number of nitrogens with one attached hydrogen (secondary N) is 1. The van der Waals surface area contributed by atoms with Gasteiger partial charge in [0.05, 0.1) is 12.0 Å². The Labute approximate surface area is 127 Å². The molecule has 0 fully saturated rings. The number of halogens is 1. The predicted molar refractivity (Wildman–Crippen MR) is 79.4 cm³/mol. The zero-order chi connectivity index (χ0) is 14.4. The molecular formula is C11H11BrN6OS. The molecule has 2 rings (SSSR count). The maximum absolute atomic E-state index is 11.6. The van der Waals surface area contributed by atoms with Crippen molar-refractivity contribution in [3.05, 3.63) is 34.3 Å². The van der Waals surface area contributed by atoms with Gasteiger partial charge >= 0.3 is 0 Å². The summed E-state index contributed by atoms with van der Waals surface area (Å²) >= 11 is 4.59. The molecule has 7 nitrogen and oxygen atoms in total. The van der Waals surface area contributed by atoms with Crippen molar-refractivity contribution in [3.8, 4) is 0 Å². The van der Waals surface area contributed by atoms with E-state index in [0.29, 0.717) is 5.16 Å². The minimum absolute atomic E-state index is 0.200. The van der Waals surface area contributed by atoms with Gasteiger partial charge in [-0.15, -0.1) is 5.10 Å². The van der Waals surface area contributed by atoms with Crippen LogP contribution in [0, 0.1) is 0 Å². The molecule has 1 heterocycles. The number of hydrogen-bond acceptors (Lipinski definition) is 6. The first-order chi connectivity index (χ1) is 9.65. The normalized spacial score (nSPS) is 10.9. The Bertz CT molecular complexity index is 612. The van der Waals surface area contributed by atoms with Crippen LogP contribution in [0.4, 0.5) is 0 Å². The molecule has 1 N–H and O–H groups in total. The molecule has 0 aliphatic carbocycles. The van der Waals surface area contributed by atoms with Gasteiger partial charge in [-0.05, 0) is 28.1 Å². The summed E-state index contributed by atoms with van der Waals surface area (Å²) in [5.41, 5.74) is 3.35. The number of tetrazole rings is 1. The third kappa shape index (κ3) is 4.42. The predicted octanol–water partition coefficient (Wildman–Crippen LogP) is 1.21. The van der Waals surface area contributed by atoms with Crippen molar-refractivity contribution >= 4 is 39.8 Å². The highest BCUT2D eigenvalue weighted by atomic mass is 79.9. The Morgan fingerprint density at radius 1 is 1.50 bits per heavy atom. The highest BCUT2D eigenvalue weighted by molar-refractivity contribution is 9.10. The molecule has 0 saturated heterocycles. The third-order valence-corrected chi connectivity index (χ3v) is 3.73. The topological polar surface area (TPSA) is 85.1 Å². The second-order valence-corrected chi connectivity index (χ2v) is 5.58. The molecule has 0 radical (unpaired) electrons. The maximum atomic E-state index is 11.6. The number of carbonyl (C=O) groups is 1. The van der Waals surface area contributed by atoms with Gasteiger partial charge in [0, 0.05) is 11.5 Å². The van der Waals surface area contributed by atoms with Crippen molar-refractivity contribution in [2.75, 3.05) is 5.75 Å². The van der Waals surface area contributed by atoms with Crippen LogP contribution in [0.2, 0.25) is 0 Å². The van der Waals surface area contributed by atoms with E-state index in [1.807, 2.05) is 24.3 Å². The van der Waals surface area contributed by atoms with E-state index in [1.165, 1.54) is 16.4 Å². The quantitative estimate of drug-likeness (QED) is 0.495. The SMILES string of the molecule is Cn1nnnc1SCC(=O)N/N=C/c1ccc(Br)cc1. The number of aromatic nitrogens is 4. The Hall–Kier alpha value is -1.74. The van der Waals surface area contributed by atoms with Gasteiger partial charge in [0.15, 0.2) is 0 Å². The molecule has 0 atom stereocenters. The van der Waals surface area contributed by atoms with Crippen LogP contribution >= 0.6 is 27.7 Å². The lowest BCUT2D eigenvalue weighted by molar-refractivity contribution is -0.118. The summed E-state index contributed by atoms with van der Waals surface area (Å²) in [6, 6.07) is 7.58. The zero-order valence-corrected chi connectivity index (χ0v) is 12.9. The van der Waals surface area contributed by atoms with Gasteiger partial charge in [0.1, 0.15) is 0 Å². The van der Waals surface area contributed by atoms with Crippen LogP contribution in [0.5, 0.6) is 0 Å². The van der Waals surface area contributed by atoms with E-state index in [4.69, 9.17) is 0 Å². The number of thioether (sulfide) groups is 1. The van der Waals surface area contributed by atoms with Gasteiger partial charge in [-0.25, -0.2) is 10.1 Å². The fourth-order valence-electron chi connectivity index (χ4n) is 1.23. The second-order valence-electron chi connectivity index (χ2n) is 3.72. The number of nitrogens with zero attached hydrogens (tertiary/aromatic N) is 5. The summed E-state index contributed by atoms with van der Waals surface area (Å²) in [6.07, 6.45) is 1.58. The number of benzene rings is 1. The van der Waals surface area contributed by atoms with Crippen molar-refractivity contribution in [2.24, 2.45) is 12.1 Å². The van der Waals surface area contributed by atoms with Crippen molar-refractivity contribution in [3.63, 3.8) is 0 Å². The highest BCUT2D eigenvalue weighted by Crippen LogP contribution is 2.11. The average molecular weight is 355 g/mol. The molecule has 2 aromatic rings. The number of rotatable bonds is 5. The molecule has 0 unspecified atom stereocenters. The Kier molecular flexibility index (Phi) is 5.24. The van der Waals surface area contributed by atoms with Crippen LogP contribution in [-0.2, 0) is 11.8 Å². The summed E-state index contributed by atoms with van der Waals surface area (Å²) < 4.78 is 2.50. The first-order valence-corrected chi connectivity index (χ1v) is 7.35. The van der Waals surface area contributed by atoms with Crippen molar-refractivity contribution in [1.29, 1.82) is 0 Å². The number of hydrazone groups is 1. The number of hydrogen-bond donors (Lipinski definition) is 1. The number of amides is 1. The van der Waals surface area contributed by atoms with Crippen LogP contribution in [0.15, 0.2) is 39.0 Å². The minimum atomic E-state index is -0.216. The van der Waals surface area contributed by atoms with Crippen LogP contribution in [0.1, 0.15) is 5.56 Å². The standard InChI is InChI=1S/C11H11BrN6OS/c1-18-11(15-16-17-18)20-7-10(19)14-13-6-8-2-4-9(12)5-3-8/h2-6H,7H2,1H3,(H,14,19)/b13-6+. The third-order valence-electron chi connectivity index (χ3n) is 2.19. The molecule has 0 spiro atoms. The van der Waals surface area contributed by atoms with Crippen LogP contribution in [0.3, 0.4) is 0 Å². The van der Waals surface area contributed by atoms with Gasteiger partial charge in [-0.3, -0.25) is 4.79 Å². The molecular weight excluding hydrogens is 344 g/mol. The second kappa shape index (κ2) is 7.15. The lowest BCUT2D eigenvalue weighted by atomic mass is 10.2. The molecule has 0 aliphatic heterocycles. The van der Waals surface area contributed by atoms with Crippen molar-refractivity contribution in [1.82, 2.24) is 25.6 Å². The molecule has 0 bridgehead atoms. The van der Waals surface area contributed by atoms with Crippen LogP contribution in [0.25, 0.3) is 0 Å². The van der Waals surface area contributed by atoms with Gasteiger partial charge in [-0.2, -0.15) is 5.10 Å². The van der Waals surface area contributed by atoms with Gasteiger partial charge in [0.25, 0.3) is 5.91 Å². The van der Waals surface area contributed by atoms with Crippen LogP contribution in [-0.4, -0.2) is 38.1 Å². The van der Waals surface area contributed by atoms with E-state index in [0.717, 1.165) is 10.0 Å². The Morgan fingerprint density at radius 3 is 2.90 bits per heavy atom. The van der Waals surface area contributed by atoms with Crippen LogP contribution < -0.4 is 5.43 Å². The largest absolute Gasteiger partial charge is 0.272 e. The molecule has 104 valence electrons. The van der Waals surface area contributed by atoms with Gasteiger partial charge < -0.3 is 0 Å². The monoisotopic (exact) mass is 354 g/mol. The number of carbonyl (C=O) groups excluding carboxylic acids is 1. The highest BCUT2D eigenvalue weighted by Gasteiger charge is 2.06. The molecule has 1 amide bonds.